The lowest BCUT2D eigenvalue weighted by Gasteiger charge is -2.23. The number of amides is 4. The Hall–Kier alpha value is -3.14. The number of carbonyl (C=O) groups is 4. The first-order valence-corrected chi connectivity index (χ1v) is 14.9. The van der Waals surface area contributed by atoms with Crippen LogP contribution in [-0.4, -0.2) is 79.9 Å². The molecule has 0 aliphatic carbocycles. The monoisotopic (exact) mass is 557 g/mol. The summed E-state index contributed by atoms with van der Waals surface area (Å²) in [7, 11) is 0. The third-order valence-electron chi connectivity index (χ3n) is 7.30. The van der Waals surface area contributed by atoms with Crippen LogP contribution in [0.4, 0.5) is 0 Å². The Bertz CT molecular complexity index is 977. The standard InChI is InChI=1S/C30H47N5O5/c1-22(2)21-25-30(39)32-16-10-20-40-26-12-6-5-11-23(26)28(37)34-24(13-14-27(36)33-25)29(38)31-15-9-19-35-17-7-3-4-8-18-35/h5-6,11-12,22,24-25H,3-4,7-10,13-21H2,1-2H3,(H,31,38)(H,32,39)(H,33,36)(H,34,37)/t24-,25-/m0/s1. The van der Waals surface area contributed by atoms with E-state index < -0.39 is 18.0 Å². The summed E-state index contributed by atoms with van der Waals surface area (Å²) in [5.41, 5.74) is 0.319. The fourth-order valence-electron chi connectivity index (χ4n) is 5.12. The van der Waals surface area contributed by atoms with E-state index in [9.17, 15) is 19.2 Å². The number of para-hydroxylation sites is 1. The summed E-state index contributed by atoms with van der Waals surface area (Å²) in [4.78, 5) is 54.5. The fraction of sp³-hybridized carbons (Fsp3) is 0.667. The molecule has 0 bridgehead atoms. The van der Waals surface area contributed by atoms with Crippen LogP contribution in [0, 0.1) is 5.92 Å². The molecule has 4 N–H and O–H groups in total. The van der Waals surface area contributed by atoms with Crippen LogP contribution >= 0.6 is 0 Å². The van der Waals surface area contributed by atoms with Crippen molar-refractivity contribution in [3.63, 3.8) is 0 Å². The number of nitrogens with zero attached hydrogens (tertiary/aromatic N) is 1. The lowest BCUT2D eigenvalue weighted by atomic mass is 10.0. The van der Waals surface area contributed by atoms with Gasteiger partial charge in [-0.05, 0) is 76.2 Å². The molecule has 1 fully saturated rings. The van der Waals surface area contributed by atoms with Gasteiger partial charge < -0.3 is 30.9 Å². The second kappa shape index (κ2) is 16.8. The van der Waals surface area contributed by atoms with Gasteiger partial charge in [0.05, 0.1) is 12.2 Å². The number of nitrogens with one attached hydrogen (secondary N) is 4. The molecular weight excluding hydrogens is 510 g/mol. The van der Waals surface area contributed by atoms with Crippen molar-refractivity contribution in [2.45, 2.75) is 83.7 Å². The van der Waals surface area contributed by atoms with Crippen LogP contribution in [-0.2, 0) is 14.4 Å². The third kappa shape index (κ3) is 10.8. The molecule has 2 aliphatic heterocycles. The number of benzene rings is 1. The van der Waals surface area contributed by atoms with Crippen molar-refractivity contribution >= 4 is 23.6 Å². The van der Waals surface area contributed by atoms with Gasteiger partial charge >= 0.3 is 0 Å². The van der Waals surface area contributed by atoms with Crippen LogP contribution in [0.5, 0.6) is 5.75 Å². The molecule has 10 nitrogen and oxygen atoms in total. The molecule has 0 radical (unpaired) electrons. The van der Waals surface area contributed by atoms with Gasteiger partial charge in [-0.2, -0.15) is 0 Å². The molecule has 2 atom stereocenters. The Labute approximate surface area is 238 Å². The molecule has 0 saturated carbocycles. The molecule has 0 aromatic heterocycles. The van der Waals surface area contributed by atoms with E-state index in [0.717, 1.165) is 26.1 Å². The van der Waals surface area contributed by atoms with Gasteiger partial charge in [0.15, 0.2) is 0 Å². The summed E-state index contributed by atoms with van der Waals surface area (Å²) in [5.74, 6) is -0.711. The molecular formula is C30H47N5O5. The summed E-state index contributed by atoms with van der Waals surface area (Å²) in [6.07, 6.45) is 6.93. The van der Waals surface area contributed by atoms with E-state index in [1.165, 1.54) is 25.7 Å². The van der Waals surface area contributed by atoms with E-state index >= 15 is 0 Å². The zero-order chi connectivity index (χ0) is 28.7. The van der Waals surface area contributed by atoms with Gasteiger partial charge in [-0.25, -0.2) is 0 Å². The van der Waals surface area contributed by atoms with Gasteiger partial charge in [-0.15, -0.1) is 0 Å². The van der Waals surface area contributed by atoms with Gasteiger partial charge in [-0.3, -0.25) is 19.2 Å². The minimum absolute atomic E-state index is 0.00777. The Morgan fingerprint density at radius 1 is 1.05 bits per heavy atom. The van der Waals surface area contributed by atoms with Crippen LogP contribution in [0.3, 0.4) is 0 Å². The molecule has 2 heterocycles. The third-order valence-corrected chi connectivity index (χ3v) is 7.30. The highest BCUT2D eigenvalue weighted by atomic mass is 16.5. The van der Waals surface area contributed by atoms with Crippen molar-refractivity contribution < 1.29 is 23.9 Å². The van der Waals surface area contributed by atoms with Crippen molar-refractivity contribution in [3.8, 4) is 5.75 Å². The Morgan fingerprint density at radius 2 is 1.80 bits per heavy atom. The first-order valence-electron chi connectivity index (χ1n) is 14.9. The predicted octanol–water partition coefficient (Wildman–Crippen LogP) is 2.38. The molecule has 4 amide bonds. The number of likely N-dealkylation sites (tertiary alicyclic amines) is 1. The molecule has 1 aromatic rings. The number of hydrogen-bond acceptors (Lipinski definition) is 6. The maximum atomic E-state index is 13.2. The molecule has 3 rings (SSSR count). The fourth-order valence-corrected chi connectivity index (χ4v) is 5.12. The van der Waals surface area contributed by atoms with Gasteiger partial charge in [0.2, 0.25) is 17.7 Å². The van der Waals surface area contributed by atoms with Gasteiger partial charge in [0.1, 0.15) is 17.8 Å². The van der Waals surface area contributed by atoms with Crippen molar-refractivity contribution in [2.24, 2.45) is 5.92 Å². The van der Waals surface area contributed by atoms with Crippen LogP contribution in [0.15, 0.2) is 24.3 Å². The van der Waals surface area contributed by atoms with Crippen molar-refractivity contribution in [3.05, 3.63) is 29.8 Å². The molecule has 1 saturated heterocycles. The second-order valence-corrected chi connectivity index (χ2v) is 11.2. The SMILES string of the molecule is CC(C)C[C@@H]1NC(=O)CC[C@@H](C(=O)NCCCN2CCCCCC2)NC(=O)c2ccccc2OCCCNC1=O. The molecule has 2 aliphatic rings. The lowest BCUT2D eigenvalue weighted by Crippen LogP contribution is -2.50. The first-order chi connectivity index (χ1) is 19.3. The van der Waals surface area contributed by atoms with Crippen molar-refractivity contribution in [1.82, 2.24) is 26.2 Å². The highest BCUT2D eigenvalue weighted by Crippen LogP contribution is 2.19. The van der Waals surface area contributed by atoms with Crippen molar-refractivity contribution in [1.29, 1.82) is 0 Å². The summed E-state index contributed by atoms with van der Waals surface area (Å²) in [6, 6.07) is 5.30. The highest BCUT2D eigenvalue weighted by molar-refractivity contribution is 5.99. The molecule has 0 spiro atoms. The average Bonchev–Trinajstić information content (AvgIpc) is 3.21. The minimum atomic E-state index is -0.908. The summed E-state index contributed by atoms with van der Waals surface area (Å²) >= 11 is 0. The Balaban J connectivity index is 1.68. The number of ether oxygens (including phenoxy) is 1. The van der Waals surface area contributed by atoms with E-state index in [0.29, 0.717) is 43.9 Å². The Morgan fingerprint density at radius 3 is 2.55 bits per heavy atom. The Kier molecular flexibility index (Phi) is 13.2. The zero-order valence-corrected chi connectivity index (χ0v) is 24.1. The summed E-state index contributed by atoms with van der Waals surface area (Å²) < 4.78 is 5.86. The maximum absolute atomic E-state index is 13.2. The van der Waals surface area contributed by atoms with Gasteiger partial charge in [0, 0.05) is 19.5 Å². The van der Waals surface area contributed by atoms with E-state index in [-0.39, 0.29) is 36.5 Å². The predicted molar refractivity (Wildman–Crippen MR) is 154 cm³/mol. The van der Waals surface area contributed by atoms with E-state index in [4.69, 9.17) is 4.74 Å². The molecule has 222 valence electrons. The first kappa shape index (κ1) is 31.4. The normalized spacial score (nSPS) is 22.2. The number of fused-ring (bicyclic) bond motifs is 1. The summed E-state index contributed by atoms with van der Waals surface area (Å²) in [5, 5.41) is 11.5. The molecule has 1 aromatic carbocycles. The van der Waals surface area contributed by atoms with Crippen LogP contribution in [0.25, 0.3) is 0 Å². The van der Waals surface area contributed by atoms with Crippen molar-refractivity contribution in [2.75, 3.05) is 39.3 Å². The zero-order valence-electron chi connectivity index (χ0n) is 24.1. The molecule has 10 heteroatoms. The minimum Gasteiger partial charge on any atom is -0.493 e. The quantitative estimate of drug-likeness (QED) is 0.381. The van der Waals surface area contributed by atoms with E-state index in [2.05, 4.69) is 26.2 Å². The van der Waals surface area contributed by atoms with E-state index in [1.54, 1.807) is 24.3 Å². The number of hydrogen-bond donors (Lipinski definition) is 4. The number of carbonyl (C=O) groups excluding carboxylic acids is 4. The largest absolute Gasteiger partial charge is 0.493 e. The summed E-state index contributed by atoms with van der Waals surface area (Å²) in [6.45, 7) is 8.27. The second-order valence-electron chi connectivity index (χ2n) is 11.2. The highest BCUT2D eigenvalue weighted by Gasteiger charge is 2.26. The molecule has 40 heavy (non-hydrogen) atoms. The smallest absolute Gasteiger partial charge is 0.255 e. The average molecular weight is 558 g/mol. The van der Waals surface area contributed by atoms with Gasteiger partial charge in [-0.1, -0.05) is 38.8 Å². The van der Waals surface area contributed by atoms with Crippen LogP contribution < -0.4 is 26.0 Å². The van der Waals surface area contributed by atoms with Crippen LogP contribution in [0.2, 0.25) is 0 Å². The maximum Gasteiger partial charge on any atom is 0.255 e. The van der Waals surface area contributed by atoms with Gasteiger partial charge in [0.25, 0.3) is 5.91 Å². The molecule has 0 unspecified atom stereocenters. The van der Waals surface area contributed by atoms with Crippen LogP contribution in [0.1, 0.15) is 82.0 Å². The topological polar surface area (TPSA) is 129 Å². The number of rotatable bonds is 7. The lowest BCUT2D eigenvalue weighted by molar-refractivity contribution is -0.129. The van der Waals surface area contributed by atoms with E-state index in [1.807, 2.05) is 13.8 Å².